The Bertz CT molecular complexity index is 602. The molecule has 112 valence electrons. The molecule has 0 saturated carbocycles. The number of benzene rings is 1. The van der Waals surface area contributed by atoms with E-state index >= 15 is 0 Å². The molecular weight excluding hydrogens is 282 g/mol. The van der Waals surface area contributed by atoms with Crippen LogP contribution < -0.4 is 10.1 Å². The first-order valence-corrected chi connectivity index (χ1v) is 7.98. The largest absolute Gasteiger partial charge is 0.492 e. The molecule has 1 N–H and O–H groups in total. The summed E-state index contributed by atoms with van der Waals surface area (Å²) in [5.41, 5.74) is 2.40. The molecule has 21 heavy (non-hydrogen) atoms. The predicted octanol–water partition coefficient (Wildman–Crippen LogP) is 3.74. The van der Waals surface area contributed by atoms with Crippen molar-refractivity contribution in [1.29, 1.82) is 0 Å². The second-order valence-electron chi connectivity index (χ2n) is 4.99. The molecule has 0 spiro atoms. The molecule has 1 aromatic heterocycles. The molecule has 0 aliphatic rings. The number of nitrogens with one attached hydrogen (secondary N) is 1. The molecule has 0 radical (unpaired) electrons. The second-order valence-corrected chi connectivity index (χ2v) is 6.12. The van der Waals surface area contributed by atoms with Gasteiger partial charge in [-0.25, -0.2) is 0 Å². The van der Waals surface area contributed by atoms with Crippen molar-refractivity contribution in [2.45, 2.75) is 27.2 Å². The van der Waals surface area contributed by atoms with E-state index in [1.54, 1.807) is 11.3 Å². The average molecular weight is 303 g/mol. The minimum Gasteiger partial charge on any atom is -0.492 e. The zero-order chi connectivity index (χ0) is 15.2. The van der Waals surface area contributed by atoms with E-state index in [-0.39, 0.29) is 5.91 Å². The highest BCUT2D eigenvalue weighted by Crippen LogP contribution is 2.22. The number of hydrogen-bond acceptors (Lipinski definition) is 3. The Labute approximate surface area is 130 Å². The lowest BCUT2D eigenvalue weighted by molar-refractivity contribution is 0.0951. The van der Waals surface area contributed by atoms with Crippen molar-refractivity contribution in [3.05, 3.63) is 51.2 Å². The van der Waals surface area contributed by atoms with E-state index in [0.717, 1.165) is 17.0 Å². The number of hydrogen-bond donors (Lipinski definition) is 1. The van der Waals surface area contributed by atoms with E-state index in [1.807, 2.05) is 44.2 Å². The highest BCUT2D eigenvalue weighted by Gasteiger charge is 2.10. The van der Waals surface area contributed by atoms with Gasteiger partial charge < -0.3 is 10.1 Å². The molecule has 4 heteroatoms. The van der Waals surface area contributed by atoms with Crippen molar-refractivity contribution in [2.24, 2.45) is 0 Å². The predicted molar refractivity (Wildman–Crippen MR) is 87.4 cm³/mol. The standard InChI is InChI=1S/C17H21NO2S/c1-4-15-13(3)11-16(21-15)17(19)18-9-10-20-14-7-5-12(2)6-8-14/h5-8,11H,4,9-10H2,1-3H3,(H,18,19). The van der Waals surface area contributed by atoms with Crippen molar-refractivity contribution in [2.75, 3.05) is 13.2 Å². The van der Waals surface area contributed by atoms with Crippen molar-refractivity contribution >= 4 is 17.2 Å². The Hall–Kier alpha value is -1.81. The second kappa shape index (κ2) is 7.27. The van der Waals surface area contributed by atoms with Gasteiger partial charge in [0.2, 0.25) is 0 Å². The van der Waals surface area contributed by atoms with E-state index in [1.165, 1.54) is 16.0 Å². The summed E-state index contributed by atoms with van der Waals surface area (Å²) in [5.74, 6) is 0.811. The van der Waals surface area contributed by atoms with Gasteiger partial charge in [-0.3, -0.25) is 4.79 Å². The summed E-state index contributed by atoms with van der Waals surface area (Å²) in [6.07, 6.45) is 0.973. The van der Waals surface area contributed by atoms with Gasteiger partial charge in [-0.15, -0.1) is 11.3 Å². The highest BCUT2D eigenvalue weighted by atomic mass is 32.1. The van der Waals surface area contributed by atoms with Gasteiger partial charge in [-0.05, 0) is 44.0 Å². The van der Waals surface area contributed by atoms with Gasteiger partial charge in [-0.2, -0.15) is 0 Å². The van der Waals surface area contributed by atoms with Gasteiger partial charge in [0.25, 0.3) is 5.91 Å². The Morgan fingerprint density at radius 2 is 1.95 bits per heavy atom. The first-order chi connectivity index (χ1) is 10.1. The molecule has 1 heterocycles. The summed E-state index contributed by atoms with van der Waals surface area (Å²) in [4.78, 5) is 14.1. The molecule has 0 aliphatic carbocycles. The molecule has 0 atom stereocenters. The quantitative estimate of drug-likeness (QED) is 0.826. The van der Waals surface area contributed by atoms with Crippen LogP contribution >= 0.6 is 11.3 Å². The zero-order valence-corrected chi connectivity index (χ0v) is 13.5. The fourth-order valence-corrected chi connectivity index (χ4v) is 3.07. The van der Waals surface area contributed by atoms with Crippen molar-refractivity contribution < 1.29 is 9.53 Å². The maximum absolute atomic E-state index is 12.0. The van der Waals surface area contributed by atoms with Gasteiger partial charge in [0.05, 0.1) is 11.4 Å². The fourth-order valence-electron chi connectivity index (χ4n) is 2.04. The Kier molecular flexibility index (Phi) is 5.39. The molecule has 0 bridgehead atoms. The lowest BCUT2D eigenvalue weighted by Crippen LogP contribution is -2.27. The van der Waals surface area contributed by atoms with Crippen LogP contribution in [-0.2, 0) is 6.42 Å². The lowest BCUT2D eigenvalue weighted by Gasteiger charge is -2.07. The third kappa shape index (κ3) is 4.33. The van der Waals surface area contributed by atoms with Gasteiger partial charge in [0, 0.05) is 4.88 Å². The van der Waals surface area contributed by atoms with Crippen molar-refractivity contribution in [3.63, 3.8) is 0 Å². The number of carbonyl (C=O) groups excluding carboxylic acids is 1. The molecular formula is C17H21NO2S. The van der Waals surface area contributed by atoms with Gasteiger partial charge in [-0.1, -0.05) is 24.6 Å². The molecule has 1 aromatic carbocycles. The molecule has 0 fully saturated rings. The van der Waals surface area contributed by atoms with Crippen LogP contribution in [0.4, 0.5) is 0 Å². The van der Waals surface area contributed by atoms with Crippen molar-refractivity contribution in [3.8, 4) is 5.75 Å². The summed E-state index contributed by atoms with van der Waals surface area (Å²) in [7, 11) is 0. The summed E-state index contributed by atoms with van der Waals surface area (Å²) in [5, 5.41) is 2.89. The van der Waals surface area contributed by atoms with Crippen LogP contribution in [0.2, 0.25) is 0 Å². The Morgan fingerprint density at radius 1 is 1.24 bits per heavy atom. The number of amides is 1. The third-order valence-electron chi connectivity index (χ3n) is 3.24. The lowest BCUT2D eigenvalue weighted by atomic mass is 10.2. The van der Waals surface area contributed by atoms with E-state index in [2.05, 4.69) is 12.2 Å². The average Bonchev–Trinajstić information content (AvgIpc) is 2.86. The van der Waals surface area contributed by atoms with Crippen LogP contribution in [0, 0.1) is 13.8 Å². The Morgan fingerprint density at radius 3 is 2.57 bits per heavy atom. The number of rotatable bonds is 6. The molecule has 0 unspecified atom stereocenters. The van der Waals surface area contributed by atoms with Crippen LogP contribution in [-0.4, -0.2) is 19.1 Å². The summed E-state index contributed by atoms with van der Waals surface area (Å²) < 4.78 is 5.59. The van der Waals surface area contributed by atoms with Gasteiger partial charge in [0.15, 0.2) is 0 Å². The maximum Gasteiger partial charge on any atom is 0.261 e. The summed E-state index contributed by atoms with van der Waals surface area (Å²) >= 11 is 1.57. The molecule has 2 aromatic rings. The van der Waals surface area contributed by atoms with Crippen LogP contribution in [0.5, 0.6) is 5.75 Å². The third-order valence-corrected chi connectivity index (χ3v) is 4.62. The minimum absolute atomic E-state index is 0.0182. The summed E-state index contributed by atoms with van der Waals surface area (Å²) in [6, 6.07) is 9.85. The molecule has 3 nitrogen and oxygen atoms in total. The van der Waals surface area contributed by atoms with Crippen LogP contribution in [0.25, 0.3) is 0 Å². The zero-order valence-electron chi connectivity index (χ0n) is 12.7. The molecule has 0 saturated heterocycles. The first-order valence-electron chi connectivity index (χ1n) is 7.17. The molecule has 1 amide bonds. The smallest absolute Gasteiger partial charge is 0.261 e. The molecule has 2 rings (SSSR count). The summed E-state index contributed by atoms with van der Waals surface area (Å²) in [6.45, 7) is 7.17. The van der Waals surface area contributed by atoms with Crippen LogP contribution in [0.15, 0.2) is 30.3 Å². The monoisotopic (exact) mass is 303 g/mol. The number of carbonyl (C=O) groups is 1. The topological polar surface area (TPSA) is 38.3 Å². The Balaban J connectivity index is 1.77. The van der Waals surface area contributed by atoms with Crippen LogP contribution in [0.3, 0.4) is 0 Å². The SMILES string of the molecule is CCc1sc(C(=O)NCCOc2ccc(C)cc2)cc1C. The van der Waals surface area contributed by atoms with Gasteiger partial charge in [0.1, 0.15) is 12.4 Å². The number of ether oxygens (including phenoxy) is 1. The fraction of sp³-hybridized carbons (Fsp3) is 0.353. The van der Waals surface area contributed by atoms with E-state index in [4.69, 9.17) is 4.74 Å². The van der Waals surface area contributed by atoms with E-state index in [9.17, 15) is 4.79 Å². The van der Waals surface area contributed by atoms with E-state index in [0.29, 0.717) is 13.2 Å². The normalized spacial score (nSPS) is 10.4. The van der Waals surface area contributed by atoms with Gasteiger partial charge >= 0.3 is 0 Å². The van der Waals surface area contributed by atoms with Crippen LogP contribution in [0.1, 0.15) is 32.6 Å². The van der Waals surface area contributed by atoms with E-state index < -0.39 is 0 Å². The first kappa shape index (κ1) is 15.6. The minimum atomic E-state index is -0.0182. The maximum atomic E-state index is 12.0. The highest BCUT2D eigenvalue weighted by molar-refractivity contribution is 7.14. The molecule has 0 aliphatic heterocycles. The van der Waals surface area contributed by atoms with Crippen molar-refractivity contribution in [1.82, 2.24) is 5.32 Å². The number of aryl methyl sites for hydroxylation is 3. The number of thiophene rings is 1.